The van der Waals surface area contributed by atoms with Crippen LogP contribution in [-0.2, 0) is 6.42 Å². The lowest BCUT2D eigenvalue weighted by Gasteiger charge is -2.19. The van der Waals surface area contributed by atoms with Gasteiger partial charge >= 0.3 is 0 Å². The van der Waals surface area contributed by atoms with Gasteiger partial charge in [-0.15, -0.1) is 0 Å². The average Bonchev–Trinajstić information content (AvgIpc) is 2.77. The van der Waals surface area contributed by atoms with E-state index < -0.39 is 0 Å². The van der Waals surface area contributed by atoms with Gasteiger partial charge in [-0.1, -0.05) is 38.0 Å². The molecule has 0 spiro atoms. The Balaban J connectivity index is 1.68. The van der Waals surface area contributed by atoms with Gasteiger partial charge in [0.1, 0.15) is 0 Å². The summed E-state index contributed by atoms with van der Waals surface area (Å²) in [5.74, 6) is 0. The Morgan fingerprint density at radius 1 is 1.18 bits per heavy atom. The molecule has 1 heterocycles. The van der Waals surface area contributed by atoms with Gasteiger partial charge in [0.2, 0.25) is 0 Å². The molecule has 1 aromatic rings. The first-order valence-corrected chi connectivity index (χ1v) is 6.95. The van der Waals surface area contributed by atoms with Crippen molar-refractivity contribution in [1.29, 1.82) is 0 Å². The summed E-state index contributed by atoms with van der Waals surface area (Å²) in [6, 6.07) is 8.79. The second-order valence-electron chi connectivity index (χ2n) is 4.82. The average molecular weight is 232 g/mol. The van der Waals surface area contributed by atoms with Crippen molar-refractivity contribution in [3.05, 3.63) is 29.8 Å². The summed E-state index contributed by atoms with van der Waals surface area (Å²) < 4.78 is 0. The van der Waals surface area contributed by atoms with E-state index in [1.165, 1.54) is 50.0 Å². The Kier molecular flexibility index (Phi) is 4.87. The first kappa shape index (κ1) is 12.4. The molecule has 1 aliphatic heterocycles. The third-order valence-corrected chi connectivity index (χ3v) is 3.50. The molecule has 2 rings (SSSR count). The highest BCUT2D eigenvalue weighted by Gasteiger charge is 2.16. The molecule has 0 atom stereocenters. The number of rotatable bonds is 7. The van der Waals surface area contributed by atoms with Gasteiger partial charge in [-0.05, 0) is 31.0 Å². The molecule has 0 saturated carbocycles. The molecule has 0 aromatic heterocycles. The Morgan fingerprint density at radius 2 is 2.06 bits per heavy atom. The van der Waals surface area contributed by atoms with Crippen LogP contribution in [0.2, 0.25) is 0 Å². The van der Waals surface area contributed by atoms with Gasteiger partial charge in [-0.25, -0.2) is 0 Å². The minimum atomic E-state index is 1.11. The van der Waals surface area contributed by atoms with Gasteiger partial charge < -0.3 is 10.2 Å². The van der Waals surface area contributed by atoms with Crippen LogP contribution in [0.25, 0.3) is 0 Å². The number of hydrogen-bond acceptors (Lipinski definition) is 2. The van der Waals surface area contributed by atoms with Crippen LogP contribution >= 0.6 is 0 Å². The van der Waals surface area contributed by atoms with Crippen LogP contribution < -0.4 is 10.2 Å². The van der Waals surface area contributed by atoms with E-state index in [1.54, 1.807) is 0 Å². The molecule has 1 N–H and O–H groups in total. The molecule has 2 nitrogen and oxygen atoms in total. The zero-order valence-electron chi connectivity index (χ0n) is 10.9. The lowest BCUT2D eigenvalue weighted by Crippen LogP contribution is -2.31. The van der Waals surface area contributed by atoms with Gasteiger partial charge in [0.15, 0.2) is 0 Å². The minimum absolute atomic E-state index is 1.11. The van der Waals surface area contributed by atoms with Crippen molar-refractivity contribution < 1.29 is 0 Å². The number of hydrogen-bond donors (Lipinski definition) is 1. The van der Waals surface area contributed by atoms with Crippen LogP contribution in [-0.4, -0.2) is 26.2 Å². The molecular formula is C15H24N2. The van der Waals surface area contributed by atoms with Crippen molar-refractivity contribution in [3.8, 4) is 0 Å². The van der Waals surface area contributed by atoms with Crippen molar-refractivity contribution >= 4 is 5.69 Å². The number of anilines is 1. The van der Waals surface area contributed by atoms with Crippen molar-refractivity contribution in [2.24, 2.45) is 0 Å². The summed E-state index contributed by atoms with van der Waals surface area (Å²) in [5, 5.41) is 3.54. The number of para-hydroxylation sites is 1. The molecule has 1 aliphatic rings. The third kappa shape index (κ3) is 3.47. The number of fused-ring (bicyclic) bond motifs is 1. The molecule has 94 valence electrons. The second kappa shape index (κ2) is 6.65. The van der Waals surface area contributed by atoms with E-state index in [0.29, 0.717) is 0 Å². The fraction of sp³-hybridized carbons (Fsp3) is 0.600. The largest absolute Gasteiger partial charge is 0.370 e. The molecule has 0 unspecified atom stereocenters. The van der Waals surface area contributed by atoms with E-state index in [9.17, 15) is 0 Å². The topological polar surface area (TPSA) is 15.3 Å². The first-order valence-electron chi connectivity index (χ1n) is 6.95. The summed E-state index contributed by atoms with van der Waals surface area (Å²) >= 11 is 0. The fourth-order valence-electron chi connectivity index (χ4n) is 2.48. The third-order valence-electron chi connectivity index (χ3n) is 3.50. The molecule has 0 aliphatic carbocycles. The summed E-state index contributed by atoms with van der Waals surface area (Å²) in [6.07, 6.45) is 5.18. The van der Waals surface area contributed by atoms with Crippen LogP contribution in [0.5, 0.6) is 0 Å². The van der Waals surface area contributed by atoms with E-state index in [-0.39, 0.29) is 0 Å². The molecule has 1 aromatic carbocycles. The summed E-state index contributed by atoms with van der Waals surface area (Å²) in [4.78, 5) is 2.50. The molecular weight excluding hydrogens is 208 g/mol. The summed E-state index contributed by atoms with van der Waals surface area (Å²) in [6.45, 7) is 6.86. The Bertz CT molecular complexity index is 335. The van der Waals surface area contributed by atoms with Gasteiger partial charge in [0, 0.05) is 25.3 Å². The fourth-order valence-corrected chi connectivity index (χ4v) is 2.48. The lowest BCUT2D eigenvalue weighted by molar-refractivity contribution is 0.611. The van der Waals surface area contributed by atoms with Crippen molar-refractivity contribution in [2.75, 3.05) is 31.1 Å². The Labute approximate surface area is 105 Å². The molecule has 2 heteroatoms. The predicted molar refractivity (Wildman–Crippen MR) is 74.8 cm³/mol. The van der Waals surface area contributed by atoms with E-state index >= 15 is 0 Å². The van der Waals surface area contributed by atoms with Gasteiger partial charge in [0.05, 0.1) is 0 Å². The highest BCUT2D eigenvalue weighted by atomic mass is 15.2. The number of nitrogens with one attached hydrogen (secondary N) is 1. The van der Waals surface area contributed by atoms with E-state index in [0.717, 1.165) is 13.1 Å². The molecule has 0 saturated heterocycles. The SMILES string of the molecule is CCCCCNCCN1CCc2ccccc21. The zero-order chi connectivity index (χ0) is 11.9. The van der Waals surface area contributed by atoms with Crippen molar-refractivity contribution in [3.63, 3.8) is 0 Å². The molecule has 0 radical (unpaired) electrons. The van der Waals surface area contributed by atoms with Crippen LogP contribution in [0.15, 0.2) is 24.3 Å². The van der Waals surface area contributed by atoms with Gasteiger partial charge in [-0.2, -0.15) is 0 Å². The van der Waals surface area contributed by atoms with Crippen molar-refractivity contribution in [1.82, 2.24) is 5.32 Å². The maximum Gasteiger partial charge on any atom is 0.0399 e. The van der Waals surface area contributed by atoms with E-state index in [2.05, 4.69) is 41.4 Å². The number of unbranched alkanes of at least 4 members (excludes halogenated alkanes) is 2. The van der Waals surface area contributed by atoms with Crippen LogP contribution in [0.3, 0.4) is 0 Å². The van der Waals surface area contributed by atoms with Crippen LogP contribution in [0.4, 0.5) is 5.69 Å². The Hall–Kier alpha value is -1.02. The van der Waals surface area contributed by atoms with Crippen LogP contribution in [0, 0.1) is 0 Å². The van der Waals surface area contributed by atoms with Gasteiger partial charge in [-0.3, -0.25) is 0 Å². The van der Waals surface area contributed by atoms with E-state index in [4.69, 9.17) is 0 Å². The minimum Gasteiger partial charge on any atom is -0.370 e. The summed E-state index contributed by atoms with van der Waals surface area (Å²) in [7, 11) is 0. The molecule has 0 fully saturated rings. The monoisotopic (exact) mass is 232 g/mol. The standard InChI is InChI=1S/C15H24N2/c1-2-3-6-10-16-11-13-17-12-9-14-7-4-5-8-15(14)17/h4-5,7-8,16H,2-3,6,9-13H2,1H3. The normalized spacial score (nSPS) is 14.1. The highest BCUT2D eigenvalue weighted by Crippen LogP contribution is 2.26. The maximum atomic E-state index is 3.54. The molecule has 0 amide bonds. The van der Waals surface area contributed by atoms with E-state index in [1.807, 2.05) is 0 Å². The number of benzene rings is 1. The predicted octanol–water partition coefficient (Wildman–Crippen LogP) is 2.83. The molecule has 0 bridgehead atoms. The first-order chi connectivity index (χ1) is 8.42. The Morgan fingerprint density at radius 3 is 2.94 bits per heavy atom. The quantitative estimate of drug-likeness (QED) is 0.727. The second-order valence-corrected chi connectivity index (χ2v) is 4.82. The summed E-state index contributed by atoms with van der Waals surface area (Å²) in [5.41, 5.74) is 2.96. The highest BCUT2D eigenvalue weighted by molar-refractivity contribution is 5.57. The maximum absolute atomic E-state index is 3.54. The van der Waals surface area contributed by atoms with Crippen molar-refractivity contribution in [2.45, 2.75) is 32.6 Å². The smallest absolute Gasteiger partial charge is 0.0399 e. The molecule has 17 heavy (non-hydrogen) atoms. The number of nitrogens with zero attached hydrogens (tertiary/aromatic N) is 1. The zero-order valence-corrected chi connectivity index (χ0v) is 10.9. The lowest BCUT2D eigenvalue weighted by atomic mass is 10.2. The van der Waals surface area contributed by atoms with Crippen LogP contribution in [0.1, 0.15) is 31.7 Å². The van der Waals surface area contributed by atoms with Gasteiger partial charge in [0.25, 0.3) is 0 Å².